The van der Waals surface area contributed by atoms with Crippen LogP contribution in [0.4, 0.5) is 0 Å². The predicted molar refractivity (Wildman–Crippen MR) is 70.4 cm³/mol. The summed E-state index contributed by atoms with van der Waals surface area (Å²) >= 11 is 0. The normalized spacial score (nSPS) is 12.6. The number of rotatable bonds is 8. The van der Waals surface area contributed by atoms with Crippen molar-refractivity contribution < 1.29 is 14.6 Å². The molecule has 1 unspecified atom stereocenters. The van der Waals surface area contributed by atoms with Gasteiger partial charge in [-0.3, -0.25) is 9.69 Å². The second-order valence-electron chi connectivity index (χ2n) is 4.28. The van der Waals surface area contributed by atoms with Gasteiger partial charge in [-0.1, -0.05) is 37.3 Å². The second kappa shape index (κ2) is 7.84. The number of benzene rings is 1. The van der Waals surface area contributed by atoms with Gasteiger partial charge in [0.15, 0.2) is 0 Å². The topological polar surface area (TPSA) is 49.8 Å². The van der Waals surface area contributed by atoms with E-state index in [1.54, 1.807) is 0 Å². The quantitative estimate of drug-likeness (QED) is 0.718. The molecule has 1 N–H and O–H groups in total. The van der Waals surface area contributed by atoms with Crippen molar-refractivity contribution in [1.29, 1.82) is 0 Å². The van der Waals surface area contributed by atoms with Crippen LogP contribution in [0.15, 0.2) is 30.3 Å². The van der Waals surface area contributed by atoms with Crippen LogP contribution in [0.1, 0.15) is 18.9 Å². The largest absolute Gasteiger partial charge is 0.480 e. The number of likely N-dealkylation sites (N-methyl/N-ethyl adjacent to an activating group) is 1. The van der Waals surface area contributed by atoms with E-state index in [0.717, 1.165) is 5.56 Å². The Morgan fingerprint density at radius 1 is 1.39 bits per heavy atom. The van der Waals surface area contributed by atoms with E-state index in [1.165, 1.54) is 0 Å². The molecule has 0 heterocycles. The predicted octanol–water partition coefficient (Wildman–Crippen LogP) is 2.00. The SMILES string of the molecule is CCC(C(=O)O)N(C)CCOCc1ccccc1. The van der Waals surface area contributed by atoms with Crippen LogP contribution in [-0.2, 0) is 16.1 Å². The summed E-state index contributed by atoms with van der Waals surface area (Å²) < 4.78 is 5.53. The van der Waals surface area contributed by atoms with Crippen LogP contribution in [0.3, 0.4) is 0 Å². The van der Waals surface area contributed by atoms with E-state index in [1.807, 2.05) is 49.2 Å². The van der Waals surface area contributed by atoms with Crippen LogP contribution < -0.4 is 0 Å². The van der Waals surface area contributed by atoms with Crippen molar-refractivity contribution in [3.8, 4) is 0 Å². The van der Waals surface area contributed by atoms with Gasteiger partial charge in [0.2, 0.25) is 0 Å². The lowest BCUT2D eigenvalue weighted by atomic mass is 10.2. The Morgan fingerprint density at radius 3 is 2.61 bits per heavy atom. The fourth-order valence-corrected chi connectivity index (χ4v) is 1.80. The summed E-state index contributed by atoms with van der Waals surface area (Å²) in [5, 5.41) is 9.00. The van der Waals surface area contributed by atoms with E-state index in [0.29, 0.717) is 26.2 Å². The third kappa shape index (κ3) is 4.85. The minimum Gasteiger partial charge on any atom is -0.480 e. The van der Waals surface area contributed by atoms with E-state index in [4.69, 9.17) is 9.84 Å². The first kappa shape index (κ1) is 14.7. The molecule has 0 aliphatic carbocycles. The van der Waals surface area contributed by atoms with E-state index in [9.17, 15) is 4.79 Å². The Labute approximate surface area is 108 Å². The molecule has 100 valence electrons. The van der Waals surface area contributed by atoms with E-state index in [2.05, 4.69) is 0 Å². The lowest BCUT2D eigenvalue weighted by molar-refractivity contribution is -0.143. The van der Waals surface area contributed by atoms with Gasteiger partial charge < -0.3 is 9.84 Å². The first-order chi connectivity index (χ1) is 8.65. The van der Waals surface area contributed by atoms with Crippen molar-refractivity contribution in [3.05, 3.63) is 35.9 Å². The van der Waals surface area contributed by atoms with Crippen molar-refractivity contribution in [3.63, 3.8) is 0 Å². The van der Waals surface area contributed by atoms with Crippen LogP contribution in [-0.4, -0.2) is 42.2 Å². The molecule has 0 fully saturated rings. The van der Waals surface area contributed by atoms with E-state index < -0.39 is 12.0 Å². The fraction of sp³-hybridized carbons (Fsp3) is 0.500. The van der Waals surface area contributed by atoms with Crippen molar-refractivity contribution >= 4 is 5.97 Å². The lowest BCUT2D eigenvalue weighted by Gasteiger charge is -2.23. The van der Waals surface area contributed by atoms with Crippen LogP contribution in [0.25, 0.3) is 0 Å². The zero-order valence-electron chi connectivity index (χ0n) is 11.0. The Kier molecular flexibility index (Phi) is 6.39. The van der Waals surface area contributed by atoms with Crippen LogP contribution in [0, 0.1) is 0 Å². The van der Waals surface area contributed by atoms with Crippen molar-refractivity contribution in [2.45, 2.75) is 26.0 Å². The van der Waals surface area contributed by atoms with Gasteiger partial charge in [-0.15, -0.1) is 0 Å². The highest BCUT2D eigenvalue weighted by molar-refractivity contribution is 5.73. The highest BCUT2D eigenvalue weighted by Gasteiger charge is 2.19. The van der Waals surface area contributed by atoms with Gasteiger partial charge in [0.25, 0.3) is 0 Å². The zero-order valence-corrected chi connectivity index (χ0v) is 11.0. The molecule has 0 aromatic heterocycles. The molecule has 0 saturated carbocycles. The molecule has 0 spiro atoms. The molecular weight excluding hydrogens is 230 g/mol. The Bertz CT molecular complexity index is 353. The van der Waals surface area contributed by atoms with Gasteiger partial charge in [0.05, 0.1) is 13.2 Å². The Hall–Kier alpha value is -1.39. The van der Waals surface area contributed by atoms with Crippen molar-refractivity contribution in [2.75, 3.05) is 20.2 Å². The molecule has 0 aliphatic heterocycles. The third-order valence-electron chi connectivity index (χ3n) is 2.90. The molecule has 18 heavy (non-hydrogen) atoms. The Balaban J connectivity index is 2.23. The summed E-state index contributed by atoms with van der Waals surface area (Å²) in [5.74, 6) is -0.775. The van der Waals surface area contributed by atoms with Crippen molar-refractivity contribution in [1.82, 2.24) is 4.90 Å². The summed E-state index contributed by atoms with van der Waals surface area (Å²) in [4.78, 5) is 12.8. The van der Waals surface area contributed by atoms with Gasteiger partial charge in [-0.05, 0) is 19.0 Å². The number of hydrogen-bond acceptors (Lipinski definition) is 3. The molecule has 1 aromatic carbocycles. The summed E-state index contributed by atoms with van der Waals surface area (Å²) in [6.07, 6.45) is 0.602. The Morgan fingerprint density at radius 2 is 2.06 bits per heavy atom. The van der Waals surface area contributed by atoms with E-state index >= 15 is 0 Å². The number of hydrogen-bond donors (Lipinski definition) is 1. The minimum absolute atomic E-state index is 0.426. The average molecular weight is 251 g/mol. The monoisotopic (exact) mass is 251 g/mol. The summed E-state index contributed by atoms with van der Waals surface area (Å²) in [6.45, 7) is 3.60. The summed E-state index contributed by atoms with van der Waals surface area (Å²) in [5.41, 5.74) is 1.13. The number of ether oxygens (including phenoxy) is 1. The molecule has 1 aromatic rings. The number of carbonyl (C=O) groups is 1. The number of aliphatic carboxylic acids is 1. The maximum atomic E-state index is 10.9. The molecule has 4 nitrogen and oxygen atoms in total. The second-order valence-corrected chi connectivity index (χ2v) is 4.28. The molecular formula is C14H21NO3. The standard InChI is InChI=1S/C14H21NO3/c1-3-13(14(16)17)15(2)9-10-18-11-12-7-5-4-6-8-12/h4-8,13H,3,9-11H2,1-2H3,(H,16,17). The molecule has 4 heteroatoms. The summed E-state index contributed by atoms with van der Waals surface area (Å²) in [6, 6.07) is 9.51. The van der Waals surface area contributed by atoms with Crippen LogP contribution in [0.5, 0.6) is 0 Å². The van der Waals surface area contributed by atoms with Crippen LogP contribution >= 0.6 is 0 Å². The molecule has 1 atom stereocenters. The van der Waals surface area contributed by atoms with Gasteiger partial charge in [-0.2, -0.15) is 0 Å². The first-order valence-corrected chi connectivity index (χ1v) is 6.19. The molecule has 0 saturated heterocycles. The average Bonchev–Trinajstić information content (AvgIpc) is 2.36. The van der Waals surface area contributed by atoms with Gasteiger partial charge in [-0.25, -0.2) is 0 Å². The number of nitrogens with zero attached hydrogens (tertiary/aromatic N) is 1. The highest BCUT2D eigenvalue weighted by atomic mass is 16.5. The molecule has 1 rings (SSSR count). The van der Waals surface area contributed by atoms with Crippen LogP contribution in [0.2, 0.25) is 0 Å². The molecule has 0 amide bonds. The third-order valence-corrected chi connectivity index (χ3v) is 2.90. The van der Waals surface area contributed by atoms with Crippen molar-refractivity contribution in [2.24, 2.45) is 0 Å². The lowest BCUT2D eigenvalue weighted by Crippen LogP contribution is -2.39. The maximum absolute atomic E-state index is 10.9. The fourth-order valence-electron chi connectivity index (χ4n) is 1.80. The maximum Gasteiger partial charge on any atom is 0.320 e. The molecule has 0 radical (unpaired) electrons. The zero-order chi connectivity index (χ0) is 13.4. The number of carboxylic acid groups (broad SMARTS) is 1. The number of carboxylic acids is 1. The molecule has 0 bridgehead atoms. The molecule has 0 aliphatic rings. The first-order valence-electron chi connectivity index (χ1n) is 6.19. The highest BCUT2D eigenvalue weighted by Crippen LogP contribution is 2.03. The van der Waals surface area contributed by atoms with Gasteiger partial charge in [0.1, 0.15) is 6.04 Å². The summed E-state index contributed by atoms with van der Waals surface area (Å²) in [7, 11) is 1.81. The smallest absolute Gasteiger partial charge is 0.320 e. The van der Waals surface area contributed by atoms with E-state index in [-0.39, 0.29) is 0 Å². The van der Waals surface area contributed by atoms with Gasteiger partial charge in [0, 0.05) is 6.54 Å². The van der Waals surface area contributed by atoms with Gasteiger partial charge >= 0.3 is 5.97 Å². The minimum atomic E-state index is -0.775.